The molecule has 3 N–H and O–H groups in total. The minimum absolute atomic E-state index is 0.00139. The Balaban J connectivity index is 1.64. The number of carbonyl (C=O) groups excluding carboxylic acids is 3. The standard InChI is InChI=1S/C23H25ClN2O9/c1-12(25)26-35-22(30)14-11-15(31-8-9-33-17-4-2-3-7-32-17)18-20(19(14)24)34-23(21(18)29)6-5-13(27)10-16(23)28/h10-11,17,28H,2-9H2,1H3,(H2,25,26)/t17?,23-/m0/s1. The number of oxime groups is 1. The minimum Gasteiger partial charge on any atom is -0.507 e. The van der Waals surface area contributed by atoms with E-state index in [1.54, 1.807) is 0 Å². The average Bonchev–Trinajstić information content (AvgIpc) is 3.13. The topological polar surface area (TPSA) is 156 Å². The summed E-state index contributed by atoms with van der Waals surface area (Å²) >= 11 is 6.42. The summed E-state index contributed by atoms with van der Waals surface area (Å²) in [5.74, 6) is -2.68. The summed E-state index contributed by atoms with van der Waals surface area (Å²) in [6, 6.07) is 1.23. The average molecular weight is 509 g/mol. The first kappa shape index (κ1) is 25.0. The van der Waals surface area contributed by atoms with Crippen LogP contribution in [-0.2, 0) is 19.1 Å². The van der Waals surface area contributed by atoms with E-state index in [4.69, 9.17) is 41.1 Å². The van der Waals surface area contributed by atoms with Crippen LogP contribution in [0.15, 0.2) is 23.1 Å². The molecule has 1 unspecified atom stereocenters. The molecule has 1 fully saturated rings. The molecule has 188 valence electrons. The fourth-order valence-corrected chi connectivity index (χ4v) is 4.31. The van der Waals surface area contributed by atoms with Crippen LogP contribution in [0.3, 0.4) is 0 Å². The van der Waals surface area contributed by atoms with Crippen molar-refractivity contribution >= 4 is 35.0 Å². The van der Waals surface area contributed by atoms with Gasteiger partial charge in [-0.05, 0) is 32.3 Å². The van der Waals surface area contributed by atoms with E-state index < -0.39 is 23.1 Å². The van der Waals surface area contributed by atoms with E-state index in [0.717, 1.165) is 25.3 Å². The minimum atomic E-state index is -1.83. The van der Waals surface area contributed by atoms with Gasteiger partial charge in [0.2, 0.25) is 11.4 Å². The quantitative estimate of drug-likeness (QED) is 0.184. The highest BCUT2D eigenvalue weighted by Crippen LogP contribution is 2.51. The third-order valence-electron chi connectivity index (χ3n) is 5.76. The number of Topliss-reactive ketones (excluding diaryl/α,β-unsaturated/α-hetero) is 1. The number of aliphatic hydroxyl groups is 1. The molecule has 2 heterocycles. The fraction of sp³-hybridized carbons (Fsp3) is 0.478. The summed E-state index contributed by atoms with van der Waals surface area (Å²) in [6.45, 7) is 2.22. The van der Waals surface area contributed by atoms with E-state index in [1.807, 2.05) is 0 Å². The first-order valence-corrected chi connectivity index (χ1v) is 11.5. The number of hydrogen-bond donors (Lipinski definition) is 2. The number of nitrogens with zero attached hydrogens (tertiary/aromatic N) is 1. The Morgan fingerprint density at radius 3 is 2.83 bits per heavy atom. The van der Waals surface area contributed by atoms with Gasteiger partial charge in [0.25, 0.3) is 0 Å². The largest absolute Gasteiger partial charge is 0.507 e. The lowest BCUT2D eigenvalue weighted by Crippen LogP contribution is -2.45. The number of benzene rings is 1. The van der Waals surface area contributed by atoms with Crippen LogP contribution in [0.4, 0.5) is 0 Å². The molecule has 0 radical (unpaired) electrons. The lowest BCUT2D eigenvalue weighted by Gasteiger charge is -2.28. The predicted molar refractivity (Wildman–Crippen MR) is 122 cm³/mol. The molecule has 1 aromatic rings. The van der Waals surface area contributed by atoms with Gasteiger partial charge in [-0.25, -0.2) is 4.79 Å². The van der Waals surface area contributed by atoms with Crippen LogP contribution in [0.5, 0.6) is 11.5 Å². The van der Waals surface area contributed by atoms with E-state index in [1.165, 1.54) is 13.0 Å². The molecule has 1 aliphatic carbocycles. The number of carbonyl (C=O) groups is 3. The Labute approximate surface area is 205 Å². The first-order valence-electron chi connectivity index (χ1n) is 11.1. The number of halogens is 1. The maximum Gasteiger partial charge on any atom is 0.367 e. The second-order valence-electron chi connectivity index (χ2n) is 8.32. The zero-order valence-electron chi connectivity index (χ0n) is 19.0. The van der Waals surface area contributed by atoms with Gasteiger partial charge in [-0.15, -0.1) is 0 Å². The molecule has 11 nitrogen and oxygen atoms in total. The number of ether oxygens (including phenoxy) is 4. The molecule has 12 heteroatoms. The Morgan fingerprint density at radius 1 is 1.34 bits per heavy atom. The van der Waals surface area contributed by atoms with Crippen LogP contribution >= 0.6 is 11.6 Å². The lowest BCUT2D eigenvalue weighted by atomic mass is 9.83. The van der Waals surface area contributed by atoms with Crippen LogP contribution in [0.1, 0.15) is 59.7 Å². The number of allylic oxidation sites excluding steroid dienone is 1. The second-order valence-corrected chi connectivity index (χ2v) is 8.70. The van der Waals surface area contributed by atoms with Crippen molar-refractivity contribution in [2.75, 3.05) is 19.8 Å². The van der Waals surface area contributed by atoms with Gasteiger partial charge in [-0.3, -0.25) is 9.59 Å². The molecule has 35 heavy (non-hydrogen) atoms. The molecule has 0 saturated carbocycles. The number of ketones is 2. The van der Waals surface area contributed by atoms with Gasteiger partial charge in [-0.1, -0.05) is 16.8 Å². The maximum absolute atomic E-state index is 13.5. The van der Waals surface area contributed by atoms with Crippen molar-refractivity contribution in [1.82, 2.24) is 0 Å². The number of amidine groups is 1. The van der Waals surface area contributed by atoms with Crippen molar-refractivity contribution in [3.8, 4) is 11.5 Å². The highest BCUT2D eigenvalue weighted by molar-refractivity contribution is 6.36. The van der Waals surface area contributed by atoms with Crippen molar-refractivity contribution in [1.29, 1.82) is 0 Å². The molecular formula is C23H25ClN2O9. The van der Waals surface area contributed by atoms with E-state index in [9.17, 15) is 19.5 Å². The maximum atomic E-state index is 13.5. The van der Waals surface area contributed by atoms with Crippen LogP contribution in [0.25, 0.3) is 0 Å². The third-order valence-corrected chi connectivity index (χ3v) is 6.14. The fourth-order valence-electron chi connectivity index (χ4n) is 4.04. The molecule has 1 spiro atoms. The number of aliphatic hydroxyl groups excluding tert-OH is 1. The van der Waals surface area contributed by atoms with Gasteiger partial charge in [0.05, 0.1) is 17.2 Å². The third kappa shape index (κ3) is 4.97. The van der Waals surface area contributed by atoms with Gasteiger partial charge in [0.15, 0.2) is 17.8 Å². The Bertz CT molecular complexity index is 1110. The van der Waals surface area contributed by atoms with Crippen molar-refractivity contribution < 1.29 is 43.3 Å². The zero-order chi connectivity index (χ0) is 25.2. The van der Waals surface area contributed by atoms with Crippen LogP contribution in [-0.4, -0.2) is 60.2 Å². The molecule has 1 saturated heterocycles. The molecule has 0 bridgehead atoms. The van der Waals surface area contributed by atoms with Crippen LogP contribution in [0.2, 0.25) is 5.02 Å². The Morgan fingerprint density at radius 2 is 2.14 bits per heavy atom. The van der Waals surface area contributed by atoms with Crippen molar-refractivity contribution in [2.24, 2.45) is 10.9 Å². The van der Waals surface area contributed by atoms with Crippen LogP contribution < -0.4 is 15.2 Å². The second kappa shape index (κ2) is 10.2. The normalized spacial score (nSPS) is 24.1. The predicted octanol–water partition coefficient (Wildman–Crippen LogP) is 2.83. The van der Waals surface area contributed by atoms with E-state index in [0.29, 0.717) is 6.61 Å². The molecule has 4 rings (SSSR count). The molecule has 2 atom stereocenters. The van der Waals surface area contributed by atoms with E-state index in [-0.39, 0.29) is 71.6 Å². The van der Waals surface area contributed by atoms with Crippen molar-refractivity contribution in [2.45, 2.75) is 50.9 Å². The summed E-state index contributed by atoms with van der Waals surface area (Å²) in [5, 5.41) is 13.7. The molecule has 2 aliphatic heterocycles. The monoisotopic (exact) mass is 508 g/mol. The number of rotatable bonds is 7. The molecular weight excluding hydrogens is 484 g/mol. The summed E-state index contributed by atoms with van der Waals surface area (Å²) in [6.07, 6.45) is 3.25. The van der Waals surface area contributed by atoms with Crippen LogP contribution in [0, 0.1) is 0 Å². The van der Waals surface area contributed by atoms with Crippen molar-refractivity contribution in [3.63, 3.8) is 0 Å². The number of fused-ring (bicyclic) bond motifs is 1. The smallest absolute Gasteiger partial charge is 0.367 e. The summed E-state index contributed by atoms with van der Waals surface area (Å²) in [5.41, 5.74) is 3.33. The highest BCUT2D eigenvalue weighted by atomic mass is 35.5. The number of nitrogens with two attached hydrogens (primary N) is 1. The van der Waals surface area contributed by atoms with Gasteiger partial charge < -0.3 is 34.6 Å². The number of hydrogen-bond acceptors (Lipinski definition) is 10. The lowest BCUT2D eigenvalue weighted by molar-refractivity contribution is -0.165. The molecule has 3 aliphatic rings. The van der Waals surface area contributed by atoms with Gasteiger partial charge in [0.1, 0.15) is 29.5 Å². The SMILES string of the molecule is C/C(N)=N/OC(=O)c1cc(OCCOC2CCCCO2)c2c(c1Cl)O[C@]1(CCC(=O)C=C1O)C2=O. The Hall–Kier alpha value is -3.15. The van der Waals surface area contributed by atoms with Gasteiger partial charge in [0, 0.05) is 25.5 Å². The van der Waals surface area contributed by atoms with E-state index >= 15 is 0 Å². The first-order chi connectivity index (χ1) is 16.7. The molecule has 0 aromatic heterocycles. The summed E-state index contributed by atoms with van der Waals surface area (Å²) in [7, 11) is 0. The highest BCUT2D eigenvalue weighted by Gasteiger charge is 2.55. The molecule has 1 aromatic carbocycles. The van der Waals surface area contributed by atoms with Gasteiger partial charge in [-0.2, -0.15) is 0 Å². The zero-order valence-corrected chi connectivity index (χ0v) is 19.8. The van der Waals surface area contributed by atoms with Gasteiger partial charge >= 0.3 is 5.97 Å². The summed E-state index contributed by atoms with van der Waals surface area (Å²) < 4.78 is 22.8. The summed E-state index contributed by atoms with van der Waals surface area (Å²) in [4.78, 5) is 42.6. The van der Waals surface area contributed by atoms with Crippen molar-refractivity contribution in [3.05, 3.63) is 34.1 Å². The molecule has 0 amide bonds. The van der Waals surface area contributed by atoms with E-state index in [2.05, 4.69) is 5.16 Å². The Kier molecular flexibility index (Phi) is 7.29.